The van der Waals surface area contributed by atoms with Crippen LogP contribution in [0.5, 0.6) is 0 Å². The predicted octanol–water partition coefficient (Wildman–Crippen LogP) is 5.51. The Labute approximate surface area is 181 Å². The molecule has 0 unspecified atom stereocenters. The number of aliphatic hydroxyl groups excluding tert-OH is 1. The molecule has 3 aromatic carbocycles. The molecule has 0 amide bonds. The smallest absolute Gasteiger partial charge is 0.0843 e. The number of nitrogens with one attached hydrogen (secondary N) is 1. The molecule has 0 aliphatic carbocycles. The standard InChI is InChI=1S/C23H22Br2N2O/c24-17-6-8-22-20(12-17)21-13-18(25)7-9-23(21)27(22)15-19(28)14-26-11-10-16-4-2-1-3-5-16/h1-9,12-13,19,26,28H,10-11,14-15H2/t19-/m1/s1. The van der Waals surface area contributed by atoms with Crippen LogP contribution in [-0.2, 0) is 13.0 Å². The van der Waals surface area contributed by atoms with Crippen LogP contribution >= 0.6 is 31.9 Å². The van der Waals surface area contributed by atoms with E-state index in [2.05, 4.69) is 102 Å². The summed E-state index contributed by atoms with van der Waals surface area (Å²) in [5, 5.41) is 16.4. The lowest BCUT2D eigenvalue weighted by Gasteiger charge is -2.15. The van der Waals surface area contributed by atoms with Gasteiger partial charge in [0.15, 0.2) is 0 Å². The van der Waals surface area contributed by atoms with Crippen LogP contribution < -0.4 is 5.32 Å². The number of aromatic nitrogens is 1. The van der Waals surface area contributed by atoms with E-state index >= 15 is 0 Å². The first-order valence-electron chi connectivity index (χ1n) is 9.41. The lowest BCUT2D eigenvalue weighted by molar-refractivity contribution is 0.154. The van der Waals surface area contributed by atoms with Gasteiger partial charge in [-0.1, -0.05) is 62.2 Å². The van der Waals surface area contributed by atoms with Crippen molar-refractivity contribution in [2.75, 3.05) is 13.1 Å². The van der Waals surface area contributed by atoms with Gasteiger partial charge < -0.3 is 15.0 Å². The van der Waals surface area contributed by atoms with Crippen LogP contribution in [0.2, 0.25) is 0 Å². The average molecular weight is 502 g/mol. The third-order valence-corrected chi connectivity index (χ3v) is 5.98. The molecule has 0 spiro atoms. The van der Waals surface area contributed by atoms with E-state index in [-0.39, 0.29) is 0 Å². The van der Waals surface area contributed by atoms with Gasteiger partial charge in [0.25, 0.3) is 0 Å². The van der Waals surface area contributed by atoms with Crippen LogP contribution in [0.15, 0.2) is 75.7 Å². The Balaban J connectivity index is 1.49. The second-order valence-corrected chi connectivity index (χ2v) is 8.86. The van der Waals surface area contributed by atoms with Gasteiger partial charge in [0.1, 0.15) is 0 Å². The summed E-state index contributed by atoms with van der Waals surface area (Å²) in [6, 6.07) is 23.0. The van der Waals surface area contributed by atoms with Crippen molar-refractivity contribution in [2.45, 2.75) is 19.1 Å². The Kier molecular flexibility index (Phi) is 6.16. The Morgan fingerprint density at radius 3 is 2.07 bits per heavy atom. The molecule has 0 radical (unpaired) electrons. The molecule has 4 aromatic rings. The van der Waals surface area contributed by atoms with E-state index in [0.29, 0.717) is 13.1 Å². The summed E-state index contributed by atoms with van der Waals surface area (Å²) in [6.45, 7) is 1.98. The van der Waals surface area contributed by atoms with E-state index in [0.717, 1.165) is 32.9 Å². The minimum absolute atomic E-state index is 0.457. The highest BCUT2D eigenvalue weighted by Gasteiger charge is 2.14. The fraction of sp³-hybridized carbons (Fsp3) is 0.217. The van der Waals surface area contributed by atoms with Gasteiger partial charge in [-0.05, 0) is 54.9 Å². The predicted molar refractivity (Wildman–Crippen MR) is 124 cm³/mol. The zero-order valence-electron chi connectivity index (χ0n) is 15.4. The monoisotopic (exact) mass is 500 g/mol. The molecular formula is C23H22Br2N2O. The number of nitrogens with zero attached hydrogens (tertiary/aromatic N) is 1. The van der Waals surface area contributed by atoms with Gasteiger partial charge in [-0.3, -0.25) is 0 Å². The summed E-state index contributed by atoms with van der Waals surface area (Å²) in [5.41, 5.74) is 3.59. The molecule has 4 rings (SSSR count). The van der Waals surface area contributed by atoms with Gasteiger partial charge in [0.2, 0.25) is 0 Å². The zero-order valence-corrected chi connectivity index (χ0v) is 18.6. The van der Waals surface area contributed by atoms with E-state index in [1.54, 1.807) is 0 Å². The van der Waals surface area contributed by atoms with Gasteiger partial charge in [-0.25, -0.2) is 0 Å². The molecule has 144 valence electrons. The summed E-state index contributed by atoms with van der Waals surface area (Å²) >= 11 is 7.16. The Hall–Kier alpha value is -1.66. The summed E-state index contributed by atoms with van der Waals surface area (Å²) in [5.74, 6) is 0. The number of halogens is 2. The molecule has 1 aromatic heterocycles. The van der Waals surface area contributed by atoms with Crippen molar-refractivity contribution in [3.05, 3.63) is 81.2 Å². The third-order valence-electron chi connectivity index (χ3n) is 5.00. The summed E-state index contributed by atoms with van der Waals surface area (Å²) in [4.78, 5) is 0. The molecule has 0 bridgehead atoms. The summed E-state index contributed by atoms with van der Waals surface area (Å²) in [7, 11) is 0. The number of aliphatic hydroxyl groups is 1. The maximum absolute atomic E-state index is 10.6. The molecular weight excluding hydrogens is 480 g/mol. The topological polar surface area (TPSA) is 37.2 Å². The van der Waals surface area contributed by atoms with E-state index in [9.17, 15) is 5.11 Å². The molecule has 0 saturated carbocycles. The lowest BCUT2D eigenvalue weighted by Crippen LogP contribution is -2.31. The normalized spacial score (nSPS) is 12.7. The van der Waals surface area contributed by atoms with Crippen LogP contribution in [0.1, 0.15) is 5.56 Å². The number of hydrogen-bond donors (Lipinski definition) is 2. The molecule has 1 atom stereocenters. The zero-order chi connectivity index (χ0) is 19.5. The average Bonchev–Trinajstić information content (AvgIpc) is 2.98. The molecule has 28 heavy (non-hydrogen) atoms. The Morgan fingerprint density at radius 2 is 1.46 bits per heavy atom. The van der Waals surface area contributed by atoms with Crippen molar-refractivity contribution < 1.29 is 5.11 Å². The SMILES string of the molecule is O[C@H](CNCCc1ccccc1)Cn1c2ccc(Br)cc2c2cc(Br)ccc21. The first kappa shape index (κ1) is 19.6. The highest BCUT2D eigenvalue weighted by Crippen LogP contribution is 2.33. The van der Waals surface area contributed by atoms with Crippen LogP contribution in [-0.4, -0.2) is 28.9 Å². The molecule has 0 fully saturated rings. The van der Waals surface area contributed by atoms with E-state index in [1.165, 1.54) is 16.3 Å². The highest BCUT2D eigenvalue weighted by atomic mass is 79.9. The number of rotatable bonds is 7. The number of hydrogen-bond acceptors (Lipinski definition) is 2. The minimum atomic E-state index is -0.457. The maximum Gasteiger partial charge on any atom is 0.0843 e. The van der Waals surface area contributed by atoms with Crippen molar-refractivity contribution in [1.82, 2.24) is 9.88 Å². The molecule has 0 aliphatic rings. The van der Waals surface area contributed by atoms with Crippen molar-refractivity contribution >= 4 is 53.7 Å². The van der Waals surface area contributed by atoms with Crippen LogP contribution in [0, 0.1) is 0 Å². The van der Waals surface area contributed by atoms with Gasteiger partial charge in [0.05, 0.1) is 12.6 Å². The molecule has 1 heterocycles. The maximum atomic E-state index is 10.6. The van der Waals surface area contributed by atoms with Crippen molar-refractivity contribution in [2.24, 2.45) is 0 Å². The second kappa shape index (κ2) is 8.78. The fourth-order valence-corrected chi connectivity index (χ4v) is 4.39. The molecule has 0 saturated heterocycles. The van der Waals surface area contributed by atoms with Crippen molar-refractivity contribution in [3.8, 4) is 0 Å². The van der Waals surface area contributed by atoms with E-state index < -0.39 is 6.10 Å². The summed E-state index contributed by atoms with van der Waals surface area (Å²) < 4.78 is 4.33. The minimum Gasteiger partial charge on any atom is -0.390 e. The highest BCUT2D eigenvalue weighted by molar-refractivity contribution is 9.10. The molecule has 5 heteroatoms. The van der Waals surface area contributed by atoms with Crippen molar-refractivity contribution in [3.63, 3.8) is 0 Å². The molecule has 0 aliphatic heterocycles. The van der Waals surface area contributed by atoms with Gasteiger partial charge in [-0.15, -0.1) is 0 Å². The van der Waals surface area contributed by atoms with Crippen LogP contribution in [0.3, 0.4) is 0 Å². The van der Waals surface area contributed by atoms with E-state index in [4.69, 9.17) is 0 Å². The fourth-order valence-electron chi connectivity index (χ4n) is 3.67. The Morgan fingerprint density at radius 1 is 0.857 bits per heavy atom. The van der Waals surface area contributed by atoms with Gasteiger partial charge in [-0.2, -0.15) is 0 Å². The number of benzene rings is 3. The van der Waals surface area contributed by atoms with Gasteiger partial charge >= 0.3 is 0 Å². The first-order valence-corrected chi connectivity index (χ1v) is 11.0. The van der Waals surface area contributed by atoms with Crippen molar-refractivity contribution in [1.29, 1.82) is 0 Å². The van der Waals surface area contributed by atoms with Gasteiger partial charge in [0, 0.05) is 37.3 Å². The van der Waals surface area contributed by atoms with Crippen LogP contribution in [0.25, 0.3) is 21.8 Å². The number of fused-ring (bicyclic) bond motifs is 3. The lowest BCUT2D eigenvalue weighted by atomic mass is 10.1. The van der Waals surface area contributed by atoms with Crippen LogP contribution in [0.4, 0.5) is 0 Å². The quantitative estimate of drug-likeness (QED) is 0.327. The Bertz CT molecular complexity index is 1030. The second-order valence-electron chi connectivity index (χ2n) is 7.03. The molecule has 3 nitrogen and oxygen atoms in total. The largest absolute Gasteiger partial charge is 0.390 e. The third kappa shape index (κ3) is 4.33. The summed E-state index contributed by atoms with van der Waals surface area (Å²) in [6.07, 6.45) is 0.507. The first-order chi connectivity index (χ1) is 13.6. The van der Waals surface area contributed by atoms with E-state index in [1.807, 2.05) is 6.07 Å². The molecule has 2 N–H and O–H groups in total.